The lowest BCUT2D eigenvalue weighted by Crippen LogP contribution is -2.29. The Bertz CT molecular complexity index is 1110. The zero-order valence-corrected chi connectivity index (χ0v) is 18.2. The fourth-order valence-corrected chi connectivity index (χ4v) is 3.78. The van der Waals surface area contributed by atoms with Gasteiger partial charge in [-0.1, -0.05) is 24.3 Å². The van der Waals surface area contributed by atoms with Gasteiger partial charge in [0.05, 0.1) is 0 Å². The molecule has 0 radical (unpaired) electrons. The molecule has 8 nitrogen and oxygen atoms in total. The second-order valence-electron chi connectivity index (χ2n) is 7.49. The van der Waals surface area contributed by atoms with Gasteiger partial charge in [-0.2, -0.15) is 9.97 Å². The van der Waals surface area contributed by atoms with Crippen LogP contribution in [-0.2, 0) is 6.54 Å². The first-order chi connectivity index (χ1) is 15.7. The lowest BCUT2D eigenvalue weighted by Gasteiger charge is -2.18. The maximum atomic E-state index is 5.97. The monoisotopic (exact) mass is 449 g/mol. The predicted octanol–water partition coefficient (Wildman–Crippen LogP) is 4.08. The van der Waals surface area contributed by atoms with E-state index in [0.29, 0.717) is 29.2 Å². The van der Waals surface area contributed by atoms with Crippen LogP contribution in [0.4, 0.5) is 11.8 Å². The van der Waals surface area contributed by atoms with Gasteiger partial charge in [-0.3, -0.25) is 0 Å². The van der Waals surface area contributed by atoms with E-state index in [4.69, 9.17) is 26.4 Å². The van der Waals surface area contributed by atoms with E-state index >= 15 is 0 Å². The van der Waals surface area contributed by atoms with Crippen molar-refractivity contribution in [2.75, 3.05) is 30.1 Å². The van der Waals surface area contributed by atoms with Gasteiger partial charge in [0, 0.05) is 25.7 Å². The number of benzene rings is 2. The molecule has 2 N–H and O–H groups in total. The molecule has 1 aromatic heterocycles. The molecule has 0 amide bonds. The van der Waals surface area contributed by atoms with Crippen molar-refractivity contribution in [1.82, 2.24) is 15.3 Å². The highest BCUT2D eigenvalue weighted by atomic mass is 32.1. The number of hydrogen-bond donors (Lipinski definition) is 2. The number of nitrogens with one attached hydrogen (secondary N) is 2. The normalized spacial score (nSPS) is 14.3. The molecule has 2 aliphatic rings. The van der Waals surface area contributed by atoms with Crippen LogP contribution in [0.3, 0.4) is 0 Å². The summed E-state index contributed by atoms with van der Waals surface area (Å²) >= 11 is 5.47. The van der Waals surface area contributed by atoms with Gasteiger partial charge in [-0.15, -0.1) is 0 Å². The zero-order chi connectivity index (χ0) is 21.8. The smallest absolute Gasteiger partial charge is 0.234 e. The van der Waals surface area contributed by atoms with Gasteiger partial charge in [-0.25, -0.2) is 0 Å². The van der Waals surface area contributed by atoms with Crippen LogP contribution in [0.15, 0.2) is 54.6 Å². The first-order valence-electron chi connectivity index (χ1n) is 10.5. The Morgan fingerprint density at radius 2 is 1.81 bits per heavy atom. The summed E-state index contributed by atoms with van der Waals surface area (Å²) in [4.78, 5) is 11.4. The molecule has 0 saturated carbocycles. The van der Waals surface area contributed by atoms with Crippen LogP contribution in [0.1, 0.15) is 18.4 Å². The quantitative estimate of drug-likeness (QED) is 0.541. The standard InChI is InChI=1S/C23H23N5O3S/c32-23(24-14-16-8-9-18-19(12-16)30-15-29-18)27-22-25-20(28-10-4-5-11-28)13-21(26-22)31-17-6-2-1-3-7-17/h1-3,6-9,12-13H,4-5,10-11,14-15H2,(H2,24,25,26,27,32). The average molecular weight is 450 g/mol. The van der Waals surface area contributed by atoms with Crippen molar-refractivity contribution >= 4 is 29.1 Å². The number of nitrogens with zero attached hydrogens (tertiary/aromatic N) is 3. The molecule has 0 bridgehead atoms. The number of fused-ring (bicyclic) bond motifs is 1. The van der Waals surface area contributed by atoms with E-state index < -0.39 is 0 Å². The molecule has 2 aliphatic heterocycles. The maximum Gasteiger partial charge on any atom is 0.234 e. The summed E-state index contributed by atoms with van der Waals surface area (Å²) in [7, 11) is 0. The lowest BCUT2D eigenvalue weighted by atomic mass is 10.2. The van der Waals surface area contributed by atoms with Crippen molar-refractivity contribution in [2.45, 2.75) is 19.4 Å². The van der Waals surface area contributed by atoms with E-state index in [2.05, 4.69) is 25.5 Å². The first-order valence-corrected chi connectivity index (χ1v) is 10.9. The van der Waals surface area contributed by atoms with E-state index in [0.717, 1.165) is 48.8 Å². The van der Waals surface area contributed by atoms with Crippen LogP contribution >= 0.6 is 12.2 Å². The molecular weight excluding hydrogens is 426 g/mol. The van der Waals surface area contributed by atoms with Gasteiger partial charge in [0.2, 0.25) is 18.6 Å². The van der Waals surface area contributed by atoms with Gasteiger partial charge < -0.3 is 29.7 Å². The number of rotatable bonds is 6. The van der Waals surface area contributed by atoms with E-state index in [9.17, 15) is 0 Å². The Kier molecular flexibility index (Phi) is 5.89. The average Bonchev–Trinajstić information content (AvgIpc) is 3.50. The minimum absolute atomic E-state index is 0.254. The summed E-state index contributed by atoms with van der Waals surface area (Å²) in [5, 5.41) is 6.70. The van der Waals surface area contributed by atoms with Crippen LogP contribution in [0, 0.1) is 0 Å². The molecule has 32 heavy (non-hydrogen) atoms. The zero-order valence-electron chi connectivity index (χ0n) is 17.4. The van der Waals surface area contributed by atoms with E-state index in [1.807, 2.05) is 54.6 Å². The molecule has 1 saturated heterocycles. The summed E-state index contributed by atoms with van der Waals surface area (Å²) in [6, 6.07) is 17.2. The maximum absolute atomic E-state index is 5.97. The van der Waals surface area contributed by atoms with Gasteiger partial charge >= 0.3 is 0 Å². The van der Waals surface area contributed by atoms with Gasteiger partial charge in [-0.05, 0) is 54.9 Å². The fourth-order valence-electron chi connectivity index (χ4n) is 3.62. The predicted molar refractivity (Wildman–Crippen MR) is 126 cm³/mol. The highest BCUT2D eigenvalue weighted by molar-refractivity contribution is 7.80. The second-order valence-corrected chi connectivity index (χ2v) is 7.90. The summed E-state index contributed by atoms with van der Waals surface area (Å²) in [5.74, 6) is 3.90. The molecule has 3 aromatic rings. The molecular formula is C23H23N5O3S. The van der Waals surface area contributed by atoms with E-state index in [1.165, 1.54) is 0 Å². The van der Waals surface area contributed by atoms with E-state index in [1.54, 1.807) is 0 Å². The summed E-state index contributed by atoms with van der Waals surface area (Å²) in [6.45, 7) is 2.72. The third-order valence-electron chi connectivity index (χ3n) is 5.20. The molecule has 0 aliphatic carbocycles. The lowest BCUT2D eigenvalue weighted by molar-refractivity contribution is 0.174. The van der Waals surface area contributed by atoms with Crippen LogP contribution in [0.25, 0.3) is 0 Å². The minimum atomic E-state index is 0.254. The number of aromatic nitrogens is 2. The molecule has 2 aromatic carbocycles. The second kappa shape index (κ2) is 9.27. The summed E-state index contributed by atoms with van der Waals surface area (Å²) in [6.07, 6.45) is 2.30. The Morgan fingerprint density at radius 1 is 1.00 bits per heavy atom. The van der Waals surface area contributed by atoms with Crippen molar-refractivity contribution in [2.24, 2.45) is 0 Å². The molecule has 9 heteroatoms. The largest absolute Gasteiger partial charge is 0.454 e. The molecule has 0 atom stereocenters. The van der Waals surface area contributed by atoms with Gasteiger partial charge in [0.25, 0.3) is 0 Å². The summed E-state index contributed by atoms with van der Waals surface area (Å²) in [5.41, 5.74) is 1.03. The number of para-hydroxylation sites is 1. The molecule has 0 unspecified atom stereocenters. The first kappa shape index (κ1) is 20.3. The molecule has 164 valence electrons. The van der Waals surface area contributed by atoms with Crippen molar-refractivity contribution in [3.8, 4) is 23.1 Å². The topological polar surface area (TPSA) is 80.8 Å². The number of thiocarbonyl (C=S) groups is 1. The Morgan fingerprint density at radius 3 is 2.66 bits per heavy atom. The fraction of sp³-hybridized carbons (Fsp3) is 0.261. The van der Waals surface area contributed by atoms with Crippen molar-refractivity contribution in [3.05, 3.63) is 60.2 Å². The minimum Gasteiger partial charge on any atom is -0.454 e. The van der Waals surface area contributed by atoms with E-state index in [-0.39, 0.29) is 6.79 Å². The van der Waals surface area contributed by atoms with Crippen LogP contribution in [0.2, 0.25) is 0 Å². The van der Waals surface area contributed by atoms with Crippen LogP contribution < -0.4 is 29.7 Å². The Hall–Kier alpha value is -3.59. The third-order valence-corrected chi connectivity index (χ3v) is 5.45. The number of ether oxygens (including phenoxy) is 3. The van der Waals surface area contributed by atoms with Crippen molar-refractivity contribution in [1.29, 1.82) is 0 Å². The highest BCUT2D eigenvalue weighted by Crippen LogP contribution is 2.32. The molecule has 1 fully saturated rings. The SMILES string of the molecule is S=C(NCc1ccc2c(c1)OCO2)Nc1nc(Oc2ccccc2)cc(N2CCCC2)n1. The van der Waals surface area contributed by atoms with Crippen molar-refractivity contribution < 1.29 is 14.2 Å². The summed E-state index contributed by atoms with van der Waals surface area (Å²) < 4.78 is 16.7. The molecule has 5 rings (SSSR count). The Balaban J connectivity index is 1.28. The van der Waals surface area contributed by atoms with Gasteiger partial charge in [0.15, 0.2) is 16.6 Å². The highest BCUT2D eigenvalue weighted by Gasteiger charge is 2.17. The molecule has 0 spiro atoms. The van der Waals surface area contributed by atoms with Crippen molar-refractivity contribution in [3.63, 3.8) is 0 Å². The third kappa shape index (κ3) is 4.83. The number of hydrogen-bond acceptors (Lipinski definition) is 7. The van der Waals surface area contributed by atoms with Gasteiger partial charge in [0.1, 0.15) is 11.6 Å². The van der Waals surface area contributed by atoms with Crippen LogP contribution in [0.5, 0.6) is 23.1 Å². The Labute approximate surface area is 191 Å². The molecule has 3 heterocycles. The number of anilines is 2. The van der Waals surface area contributed by atoms with Crippen LogP contribution in [-0.4, -0.2) is 35.0 Å².